The second kappa shape index (κ2) is 9.09. The van der Waals surface area contributed by atoms with Crippen LogP contribution in [0.5, 0.6) is 0 Å². The van der Waals surface area contributed by atoms with E-state index in [-0.39, 0.29) is 33.2 Å². The Bertz CT molecular complexity index is 653. The number of aliphatic hydroxyl groups excluding tert-OH is 2. The third kappa shape index (κ3) is 5.01. The Morgan fingerprint density at radius 3 is 1.58 bits per heavy atom. The molecule has 6 nitrogen and oxygen atoms in total. The second-order valence-electron chi connectivity index (χ2n) is 5.22. The van der Waals surface area contributed by atoms with E-state index in [0.717, 1.165) is 0 Å². The van der Waals surface area contributed by atoms with E-state index in [1.807, 2.05) is 0 Å². The lowest BCUT2D eigenvalue weighted by Crippen LogP contribution is -2.41. The van der Waals surface area contributed by atoms with Crippen LogP contribution in [0.1, 0.15) is 34.6 Å². The monoisotopic (exact) mass is 593 g/mol. The predicted octanol–water partition coefficient (Wildman–Crippen LogP) is 3.64. The molecule has 134 valence electrons. The summed E-state index contributed by atoms with van der Waals surface area (Å²) < 4.78 is 1.39. The number of aliphatic hydroxyl groups is 2. The van der Waals surface area contributed by atoms with Crippen molar-refractivity contribution in [2.24, 2.45) is 0 Å². The van der Waals surface area contributed by atoms with Crippen LogP contribution < -0.4 is 0 Å². The van der Waals surface area contributed by atoms with Crippen molar-refractivity contribution in [2.75, 3.05) is 13.1 Å². The van der Waals surface area contributed by atoms with Gasteiger partial charge in [0.25, 0.3) is 5.91 Å². The fourth-order valence-electron chi connectivity index (χ4n) is 2.07. The lowest BCUT2D eigenvalue weighted by Gasteiger charge is -2.27. The van der Waals surface area contributed by atoms with Crippen molar-refractivity contribution in [1.82, 2.24) is 4.90 Å². The summed E-state index contributed by atoms with van der Waals surface area (Å²) in [5.74, 6) is -1.90. The molecule has 1 aromatic rings. The summed E-state index contributed by atoms with van der Waals surface area (Å²) in [5.41, 5.74) is -0.297. The zero-order valence-electron chi connectivity index (χ0n) is 12.7. The maximum atomic E-state index is 12.9. The summed E-state index contributed by atoms with van der Waals surface area (Å²) in [6.07, 6.45) is -1.66. The Morgan fingerprint density at radius 1 is 0.875 bits per heavy atom. The number of rotatable bonds is 6. The van der Waals surface area contributed by atoms with Gasteiger partial charge in [0.1, 0.15) is 0 Å². The Morgan fingerprint density at radius 2 is 1.25 bits per heavy atom. The van der Waals surface area contributed by atoms with Crippen molar-refractivity contribution in [1.29, 1.82) is 0 Å². The van der Waals surface area contributed by atoms with Gasteiger partial charge in [-0.25, -0.2) is 4.79 Å². The number of hydrogen-bond donors (Lipinski definition) is 3. The minimum absolute atomic E-state index is 0.0411. The van der Waals surface area contributed by atoms with Crippen LogP contribution >= 0.6 is 63.7 Å². The molecule has 0 aliphatic carbocycles. The van der Waals surface area contributed by atoms with Crippen molar-refractivity contribution in [3.63, 3.8) is 0 Å². The van der Waals surface area contributed by atoms with Gasteiger partial charge in [-0.1, -0.05) is 0 Å². The molecule has 1 aromatic carbocycles. The maximum Gasteiger partial charge on any atom is 0.337 e. The summed E-state index contributed by atoms with van der Waals surface area (Å²) in [6.45, 7) is 2.92. The molecule has 0 saturated heterocycles. The van der Waals surface area contributed by atoms with Crippen LogP contribution in [-0.4, -0.2) is 57.4 Å². The van der Waals surface area contributed by atoms with Crippen molar-refractivity contribution in [3.8, 4) is 0 Å². The summed E-state index contributed by atoms with van der Waals surface area (Å²) >= 11 is 13.0. The highest BCUT2D eigenvalue weighted by molar-refractivity contribution is 9.15. The van der Waals surface area contributed by atoms with Crippen LogP contribution in [0, 0.1) is 0 Å². The maximum absolute atomic E-state index is 12.9. The SMILES string of the molecule is CC(O)CN(CC(C)O)C(=O)c1c(Br)c(Br)c(Br)c(Br)c1C(=O)O. The number of carboxylic acid groups (broad SMARTS) is 1. The van der Waals surface area contributed by atoms with Crippen LogP contribution in [0.4, 0.5) is 0 Å². The average Bonchev–Trinajstić information content (AvgIpc) is 2.45. The van der Waals surface area contributed by atoms with E-state index in [1.165, 1.54) is 18.7 Å². The fraction of sp³-hybridized carbons (Fsp3) is 0.429. The van der Waals surface area contributed by atoms with E-state index < -0.39 is 24.1 Å². The number of carbonyl (C=O) groups excluding carboxylic acids is 1. The molecule has 0 heterocycles. The van der Waals surface area contributed by atoms with Crippen LogP contribution in [-0.2, 0) is 0 Å². The molecule has 1 rings (SSSR count). The molecule has 0 aliphatic heterocycles. The number of halogens is 4. The molecule has 2 atom stereocenters. The number of carboxylic acids is 1. The standard InChI is InChI=1S/C14H15Br4NO5/c1-5(20)3-19(4-6(2)21)13(22)7-8(14(23)24)10(16)12(18)11(17)9(7)15/h5-6,20-21H,3-4H2,1-2H3,(H,23,24). The molecule has 10 heteroatoms. The smallest absolute Gasteiger partial charge is 0.337 e. The molecule has 0 fully saturated rings. The first-order chi connectivity index (χ1) is 11.0. The third-order valence-corrected chi connectivity index (χ3v) is 7.72. The van der Waals surface area contributed by atoms with Gasteiger partial charge in [-0.3, -0.25) is 4.79 Å². The lowest BCUT2D eigenvalue weighted by atomic mass is 10.1. The lowest BCUT2D eigenvalue weighted by molar-refractivity contribution is 0.0510. The zero-order valence-corrected chi connectivity index (χ0v) is 19.0. The van der Waals surface area contributed by atoms with Gasteiger partial charge in [-0.2, -0.15) is 0 Å². The Balaban J connectivity index is 3.57. The van der Waals surface area contributed by atoms with E-state index >= 15 is 0 Å². The first kappa shape index (κ1) is 22.0. The van der Waals surface area contributed by atoms with Gasteiger partial charge in [0, 0.05) is 31.0 Å². The number of hydrogen-bond acceptors (Lipinski definition) is 4. The van der Waals surface area contributed by atoms with Gasteiger partial charge in [0.15, 0.2) is 0 Å². The highest BCUT2D eigenvalue weighted by atomic mass is 79.9. The van der Waals surface area contributed by atoms with Crippen molar-refractivity contribution >= 4 is 75.6 Å². The number of benzene rings is 1. The zero-order chi connectivity index (χ0) is 18.8. The largest absolute Gasteiger partial charge is 0.478 e. The molecule has 2 unspecified atom stereocenters. The fourth-order valence-corrected chi connectivity index (χ4v) is 4.53. The average molecular weight is 597 g/mol. The summed E-state index contributed by atoms with van der Waals surface area (Å²) in [4.78, 5) is 25.8. The van der Waals surface area contributed by atoms with E-state index in [9.17, 15) is 24.9 Å². The quantitative estimate of drug-likeness (QED) is 0.344. The van der Waals surface area contributed by atoms with E-state index in [1.54, 1.807) is 0 Å². The van der Waals surface area contributed by atoms with Crippen LogP contribution in [0.25, 0.3) is 0 Å². The van der Waals surface area contributed by atoms with Crippen LogP contribution in [0.3, 0.4) is 0 Å². The Kier molecular flexibility index (Phi) is 8.35. The molecule has 1 amide bonds. The number of nitrogens with zero attached hydrogens (tertiary/aromatic N) is 1. The molecule has 0 aromatic heterocycles. The number of aromatic carboxylic acids is 1. The Labute approximate surface area is 172 Å². The third-order valence-electron chi connectivity index (χ3n) is 2.95. The normalized spacial score (nSPS) is 13.5. The van der Waals surface area contributed by atoms with E-state index in [2.05, 4.69) is 63.7 Å². The summed E-state index contributed by atoms with van der Waals surface area (Å²) in [5, 5.41) is 28.7. The van der Waals surface area contributed by atoms with Crippen LogP contribution in [0.15, 0.2) is 17.9 Å². The molecular weight excluding hydrogens is 582 g/mol. The van der Waals surface area contributed by atoms with Gasteiger partial charge in [-0.05, 0) is 77.6 Å². The van der Waals surface area contributed by atoms with Crippen molar-refractivity contribution < 1.29 is 24.9 Å². The van der Waals surface area contributed by atoms with Crippen LogP contribution in [0.2, 0.25) is 0 Å². The predicted molar refractivity (Wildman–Crippen MR) is 103 cm³/mol. The van der Waals surface area contributed by atoms with Crippen molar-refractivity contribution in [2.45, 2.75) is 26.1 Å². The summed E-state index contributed by atoms with van der Waals surface area (Å²) in [7, 11) is 0. The number of amides is 1. The molecule has 0 bridgehead atoms. The van der Waals surface area contributed by atoms with E-state index in [0.29, 0.717) is 8.95 Å². The molecule has 0 saturated carbocycles. The minimum atomic E-state index is -1.28. The second-order valence-corrected chi connectivity index (χ2v) is 8.39. The molecule has 24 heavy (non-hydrogen) atoms. The minimum Gasteiger partial charge on any atom is -0.478 e. The highest BCUT2D eigenvalue weighted by Gasteiger charge is 2.31. The topological polar surface area (TPSA) is 98.1 Å². The van der Waals surface area contributed by atoms with Gasteiger partial charge in [0.05, 0.1) is 23.3 Å². The van der Waals surface area contributed by atoms with Gasteiger partial charge in [0.2, 0.25) is 0 Å². The molecule has 3 N–H and O–H groups in total. The molecule has 0 radical (unpaired) electrons. The van der Waals surface area contributed by atoms with Gasteiger partial charge in [-0.15, -0.1) is 0 Å². The molecular formula is C14H15Br4NO5. The molecule has 0 aliphatic rings. The van der Waals surface area contributed by atoms with Gasteiger partial charge < -0.3 is 20.2 Å². The first-order valence-electron chi connectivity index (χ1n) is 6.73. The molecule has 0 spiro atoms. The highest BCUT2D eigenvalue weighted by Crippen LogP contribution is 2.42. The van der Waals surface area contributed by atoms with Crippen molar-refractivity contribution in [3.05, 3.63) is 29.0 Å². The first-order valence-corrected chi connectivity index (χ1v) is 9.90. The van der Waals surface area contributed by atoms with Gasteiger partial charge >= 0.3 is 5.97 Å². The number of carbonyl (C=O) groups is 2. The van der Waals surface area contributed by atoms with E-state index in [4.69, 9.17) is 0 Å². The Hall–Kier alpha value is -0.000000000000000222. The summed E-state index contributed by atoms with van der Waals surface area (Å²) in [6, 6.07) is 0.